The molecule has 1 aromatic heterocycles. The van der Waals surface area contributed by atoms with E-state index in [2.05, 4.69) is 5.10 Å². The quantitative estimate of drug-likeness (QED) is 0.832. The Morgan fingerprint density at radius 2 is 1.89 bits per heavy atom. The number of benzene rings is 1. The number of hydrogen-bond donors (Lipinski definition) is 1. The molecule has 2 N–H and O–H groups in total. The molecule has 4 heteroatoms. The summed E-state index contributed by atoms with van der Waals surface area (Å²) in [5.41, 5.74) is 8.45. The first-order valence-electron chi connectivity index (χ1n) is 6.04. The number of nitrogens with two attached hydrogens (primary N) is 1. The maximum atomic E-state index is 11.5. The Hall–Kier alpha value is -2.10. The van der Waals surface area contributed by atoms with Crippen molar-refractivity contribution < 1.29 is 0 Å². The van der Waals surface area contributed by atoms with E-state index in [0.717, 1.165) is 24.2 Å². The summed E-state index contributed by atoms with van der Waals surface area (Å²) < 4.78 is 1.52. The second-order valence-corrected chi connectivity index (χ2v) is 4.38. The zero-order chi connectivity index (χ0) is 13.0. The summed E-state index contributed by atoms with van der Waals surface area (Å²) in [6.07, 6.45) is 1.81. The highest BCUT2D eigenvalue weighted by Gasteiger charge is 1.99. The highest BCUT2D eigenvalue weighted by molar-refractivity contribution is 5.39. The van der Waals surface area contributed by atoms with Gasteiger partial charge in [-0.3, -0.25) is 4.79 Å². The molecule has 0 fully saturated rings. The molecule has 0 aliphatic rings. The molecule has 94 valence electrons. The standard InChI is InChI=1S/C14H17N3O/c1-11-4-9-14(18)17(16-11)10-2-3-12-5-7-13(15)8-6-12/h4-9H,2-3,10,15H2,1H3. The molecule has 0 spiro atoms. The Morgan fingerprint density at radius 3 is 2.61 bits per heavy atom. The van der Waals surface area contributed by atoms with Crippen LogP contribution in [0.1, 0.15) is 17.7 Å². The van der Waals surface area contributed by atoms with Crippen LogP contribution in [0.2, 0.25) is 0 Å². The van der Waals surface area contributed by atoms with E-state index in [1.807, 2.05) is 31.2 Å². The van der Waals surface area contributed by atoms with E-state index in [1.54, 1.807) is 12.1 Å². The van der Waals surface area contributed by atoms with Crippen molar-refractivity contribution in [1.82, 2.24) is 9.78 Å². The van der Waals surface area contributed by atoms with Gasteiger partial charge in [-0.25, -0.2) is 4.68 Å². The Morgan fingerprint density at radius 1 is 1.17 bits per heavy atom. The van der Waals surface area contributed by atoms with Gasteiger partial charge in [-0.05, 0) is 43.5 Å². The molecule has 0 unspecified atom stereocenters. The van der Waals surface area contributed by atoms with Gasteiger partial charge >= 0.3 is 0 Å². The predicted molar refractivity (Wildman–Crippen MR) is 72.4 cm³/mol. The van der Waals surface area contributed by atoms with Crippen molar-refractivity contribution in [2.24, 2.45) is 0 Å². The number of aromatic nitrogens is 2. The molecule has 0 saturated heterocycles. The maximum Gasteiger partial charge on any atom is 0.266 e. The average Bonchev–Trinajstić information content (AvgIpc) is 2.36. The fourth-order valence-corrected chi connectivity index (χ4v) is 1.83. The van der Waals surface area contributed by atoms with Crippen LogP contribution in [0.5, 0.6) is 0 Å². The van der Waals surface area contributed by atoms with Crippen molar-refractivity contribution in [2.45, 2.75) is 26.3 Å². The zero-order valence-corrected chi connectivity index (χ0v) is 10.5. The summed E-state index contributed by atoms with van der Waals surface area (Å²) >= 11 is 0. The largest absolute Gasteiger partial charge is 0.399 e. The van der Waals surface area contributed by atoms with E-state index in [0.29, 0.717) is 6.54 Å². The van der Waals surface area contributed by atoms with E-state index in [-0.39, 0.29) is 5.56 Å². The monoisotopic (exact) mass is 243 g/mol. The summed E-state index contributed by atoms with van der Waals surface area (Å²) in [6.45, 7) is 2.53. The van der Waals surface area contributed by atoms with Gasteiger partial charge in [0.2, 0.25) is 0 Å². The first kappa shape index (κ1) is 12.4. The number of nitrogens with zero attached hydrogens (tertiary/aromatic N) is 2. The Kier molecular flexibility index (Phi) is 3.77. The lowest BCUT2D eigenvalue weighted by Gasteiger charge is -2.05. The van der Waals surface area contributed by atoms with Crippen molar-refractivity contribution in [2.75, 3.05) is 5.73 Å². The lowest BCUT2D eigenvalue weighted by Crippen LogP contribution is -2.22. The normalized spacial score (nSPS) is 10.5. The third-order valence-electron chi connectivity index (χ3n) is 2.82. The zero-order valence-electron chi connectivity index (χ0n) is 10.5. The minimum atomic E-state index is -0.0436. The highest BCUT2D eigenvalue weighted by atomic mass is 16.1. The number of rotatable bonds is 4. The van der Waals surface area contributed by atoms with Gasteiger partial charge in [0.25, 0.3) is 5.56 Å². The van der Waals surface area contributed by atoms with Gasteiger partial charge in [0.15, 0.2) is 0 Å². The molecule has 1 aromatic carbocycles. The molecule has 4 nitrogen and oxygen atoms in total. The molecule has 0 amide bonds. The van der Waals surface area contributed by atoms with Crippen LogP contribution in [0.4, 0.5) is 5.69 Å². The Labute approximate surface area is 106 Å². The molecule has 2 rings (SSSR count). The van der Waals surface area contributed by atoms with Gasteiger partial charge in [-0.2, -0.15) is 5.10 Å². The van der Waals surface area contributed by atoms with Crippen LogP contribution in [0.15, 0.2) is 41.2 Å². The van der Waals surface area contributed by atoms with E-state index in [9.17, 15) is 4.79 Å². The van der Waals surface area contributed by atoms with E-state index < -0.39 is 0 Å². The van der Waals surface area contributed by atoms with E-state index >= 15 is 0 Å². The van der Waals surface area contributed by atoms with Crippen molar-refractivity contribution in [3.05, 3.63) is 58.0 Å². The molecule has 0 atom stereocenters. The fourth-order valence-electron chi connectivity index (χ4n) is 1.83. The molecular weight excluding hydrogens is 226 g/mol. The van der Waals surface area contributed by atoms with Crippen LogP contribution >= 0.6 is 0 Å². The first-order chi connectivity index (χ1) is 8.65. The van der Waals surface area contributed by atoms with Crippen LogP contribution in [0.3, 0.4) is 0 Å². The van der Waals surface area contributed by atoms with E-state index in [1.165, 1.54) is 10.2 Å². The average molecular weight is 243 g/mol. The van der Waals surface area contributed by atoms with Gasteiger partial charge < -0.3 is 5.73 Å². The third-order valence-corrected chi connectivity index (χ3v) is 2.82. The number of aryl methyl sites for hydroxylation is 3. The summed E-state index contributed by atoms with van der Waals surface area (Å²) in [4.78, 5) is 11.5. The number of nitrogen functional groups attached to an aromatic ring is 1. The molecule has 0 aliphatic heterocycles. The van der Waals surface area contributed by atoms with Gasteiger partial charge in [0.05, 0.1) is 5.69 Å². The molecule has 0 saturated carbocycles. The van der Waals surface area contributed by atoms with Gasteiger partial charge in [-0.1, -0.05) is 12.1 Å². The van der Waals surface area contributed by atoms with Crippen molar-refractivity contribution >= 4 is 5.69 Å². The minimum absolute atomic E-state index is 0.0436. The molecule has 18 heavy (non-hydrogen) atoms. The first-order valence-corrected chi connectivity index (χ1v) is 6.04. The van der Waals surface area contributed by atoms with Crippen LogP contribution < -0.4 is 11.3 Å². The summed E-state index contributed by atoms with van der Waals surface area (Å²) in [5.74, 6) is 0. The van der Waals surface area contributed by atoms with E-state index in [4.69, 9.17) is 5.73 Å². The topological polar surface area (TPSA) is 60.9 Å². The van der Waals surface area contributed by atoms with Crippen LogP contribution in [-0.2, 0) is 13.0 Å². The fraction of sp³-hybridized carbons (Fsp3) is 0.286. The summed E-state index contributed by atoms with van der Waals surface area (Å²) in [5, 5.41) is 4.20. The smallest absolute Gasteiger partial charge is 0.266 e. The van der Waals surface area contributed by atoms with Gasteiger partial charge in [0, 0.05) is 18.3 Å². The van der Waals surface area contributed by atoms with Crippen molar-refractivity contribution in [3.63, 3.8) is 0 Å². The van der Waals surface area contributed by atoms with Gasteiger partial charge in [0.1, 0.15) is 0 Å². The SMILES string of the molecule is Cc1ccc(=O)n(CCCc2ccc(N)cc2)n1. The van der Waals surface area contributed by atoms with Crippen LogP contribution in [0, 0.1) is 6.92 Å². The third kappa shape index (κ3) is 3.20. The lowest BCUT2D eigenvalue weighted by molar-refractivity contribution is 0.542. The van der Waals surface area contributed by atoms with Crippen molar-refractivity contribution in [1.29, 1.82) is 0 Å². The minimum Gasteiger partial charge on any atom is -0.399 e. The molecule has 2 aromatic rings. The highest BCUT2D eigenvalue weighted by Crippen LogP contribution is 2.07. The molecule has 0 aliphatic carbocycles. The van der Waals surface area contributed by atoms with Crippen molar-refractivity contribution in [3.8, 4) is 0 Å². The maximum absolute atomic E-state index is 11.5. The molecule has 0 radical (unpaired) electrons. The number of anilines is 1. The Balaban J connectivity index is 1.94. The molecular formula is C14H17N3O. The second kappa shape index (κ2) is 5.49. The number of hydrogen-bond acceptors (Lipinski definition) is 3. The second-order valence-electron chi connectivity index (χ2n) is 4.38. The molecule has 1 heterocycles. The van der Waals surface area contributed by atoms with Crippen LogP contribution in [0.25, 0.3) is 0 Å². The Bertz CT molecular complexity index is 572. The summed E-state index contributed by atoms with van der Waals surface area (Å²) in [7, 11) is 0. The lowest BCUT2D eigenvalue weighted by atomic mass is 10.1. The summed E-state index contributed by atoms with van der Waals surface area (Å²) in [6, 6.07) is 11.1. The predicted octanol–water partition coefficient (Wildman–Crippen LogP) is 1.77. The molecule has 0 bridgehead atoms. The van der Waals surface area contributed by atoms with Crippen LogP contribution in [-0.4, -0.2) is 9.78 Å². The van der Waals surface area contributed by atoms with Gasteiger partial charge in [-0.15, -0.1) is 0 Å².